The molecule has 8 heteroatoms. The molecule has 0 radical (unpaired) electrons. The number of aromatic nitrogens is 4. The molecule has 2 aliphatic heterocycles. The topological polar surface area (TPSA) is 84.2 Å². The molecule has 2 saturated heterocycles. The molecule has 2 fully saturated rings. The smallest absolute Gasteiger partial charge is 0.229 e. The van der Waals surface area contributed by atoms with Crippen LogP contribution in [0.2, 0.25) is 0 Å². The molecule has 0 unspecified atom stereocenters. The number of nitrogens with zero attached hydrogens (tertiary/aromatic N) is 5. The molecule has 0 bridgehead atoms. The van der Waals surface area contributed by atoms with Gasteiger partial charge in [0.15, 0.2) is 0 Å². The van der Waals surface area contributed by atoms with Gasteiger partial charge in [0, 0.05) is 51.0 Å². The predicted molar refractivity (Wildman–Crippen MR) is 140 cm³/mol. The summed E-state index contributed by atoms with van der Waals surface area (Å²) in [5.41, 5.74) is 2.31. The number of nitrogens with one attached hydrogen (secondary N) is 2. The number of likely N-dealkylation sites (tertiary alicyclic amines) is 2. The second-order valence-electron chi connectivity index (χ2n) is 11.0. The molecule has 1 amide bonds. The minimum atomic E-state index is -0.119. The van der Waals surface area contributed by atoms with Gasteiger partial charge in [-0.2, -0.15) is 0 Å². The van der Waals surface area contributed by atoms with Crippen LogP contribution in [0.5, 0.6) is 0 Å². The van der Waals surface area contributed by atoms with Crippen LogP contribution in [-0.4, -0.2) is 66.7 Å². The number of benzene rings is 1. The molecule has 2 aromatic heterocycles. The Morgan fingerprint density at radius 1 is 0.889 bits per heavy atom. The van der Waals surface area contributed by atoms with Crippen molar-refractivity contribution in [1.82, 2.24) is 34.6 Å². The van der Waals surface area contributed by atoms with Crippen molar-refractivity contribution in [3.05, 3.63) is 71.8 Å². The van der Waals surface area contributed by atoms with Crippen LogP contribution in [0.4, 0.5) is 0 Å². The van der Waals surface area contributed by atoms with E-state index in [1.54, 1.807) is 12.4 Å². The lowest BCUT2D eigenvalue weighted by atomic mass is 9.77. The normalized spacial score (nSPS) is 18.2. The SMILES string of the molecule is CC(C)CN1CCC2(CC1)CCN(Cc1ccc(CN(Cc3ncc[nH]3)Cc3ncc[nH]3)cc1)C2=O. The maximum Gasteiger partial charge on any atom is 0.229 e. The Morgan fingerprint density at radius 2 is 1.47 bits per heavy atom. The van der Waals surface area contributed by atoms with Gasteiger partial charge < -0.3 is 19.8 Å². The number of carbonyl (C=O) groups is 1. The summed E-state index contributed by atoms with van der Waals surface area (Å²) in [5, 5.41) is 0. The highest BCUT2D eigenvalue weighted by Gasteiger charge is 2.47. The van der Waals surface area contributed by atoms with Gasteiger partial charge in [-0.15, -0.1) is 0 Å². The Kier molecular flexibility index (Phi) is 7.53. The van der Waals surface area contributed by atoms with E-state index in [2.05, 4.69) is 72.7 Å². The zero-order valence-corrected chi connectivity index (χ0v) is 21.6. The van der Waals surface area contributed by atoms with Gasteiger partial charge in [0.25, 0.3) is 0 Å². The van der Waals surface area contributed by atoms with E-state index >= 15 is 0 Å². The molecular weight excluding hydrogens is 450 g/mol. The van der Waals surface area contributed by atoms with Gasteiger partial charge >= 0.3 is 0 Å². The number of carbonyl (C=O) groups excluding carboxylic acids is 1. The van der Waals surface area contributed by atoms with Gasteiger partial charge in [0.2, 0.25) is 5.91 Å². The van der Waals surface area contributed by atoms with Crippen molar-refractivity contribution in [2.24, 2.45) is 11.3 Å². The van der Waals surface area contributed by atoms with E-state index in [0.717, 1.165) is 63.6 Å². The van der Waals surface area contributed by atoms with Crippen molar-refractivity contribution in [3.63, 3.8) is 0 Å². The standard InChI is InChI=1S/C28H39N7O/c1-22(2)17-33-14-7-28(8-15-33)9-16-35(27(28)36)19-24-5-3-23(4-6-24)18-34(20-25-29-10-11-30-25)21-26-31-12-13-32-26/h3-6,10-13,22H,7-9,14-21H2,1-2H3,(H,29,30)(H,31,32). The number of rotatable bonds is 10. The quantitative estimate of drug-likeness (QED) is 0.453. The fraction of sp³-hybridized carbons (Fsp3) is 0.536. The van der Waals surface area contributed by atoms with E-state index in [4.69, 9.17) is 0 Å². The number of H-pyrrole nitrogens is 2. The van der Waals surface area contributed by atoms with Crippen molar-refractivity contribution in [3.8, 4) is 0 Å². The molecule has 3 aromatic rings. The maximum absolute atomic E-state index is 13.4. The first-order valence-electron chi connectivity index (χ1n) is 13.3. The first-order chi connectivity index (χ1) is 17.5. The van der Waals surface area contributed by atoms with Crippen molar-refractivity contribution < 1.29 is 4.79 Å². The highest BCUT2D eigenvalue weighted by Crippen LogP contribution is 2.42. The lowest BCUT2D eigenvalue weighted by molar-refractivity contribution is -0.138. The number of hydrogen-bond acceptors (Lipinski definition) is 5. The fourth-order valence-corrected chi connectivity index (χ4v) is 5.78. The Balaban J connectivity index is 1.17. The molecule has 8 nitrogen and oxygen atoms in total. The molecule has 2 aliphatic rings. The van der Waals surface area contributed by atoms with Crippen LogP contribution in [-0.2, 0) is 31.0 Å². The third kappa shape index (κ3) is 5.87. The number of aromatic amines is 2. The van der Waals surface area contributed by atoms with Crippen LogP contribution in [0.15, 0.2) is 49.1 Å². The zero-order chi connectivity index (χ0) is 25.0. The highest BCUT2D eigenvalue weighted by molar-refractivity contribution is 5.85. The Hall–Kier alpha value is -2.97. The Labute approximate surface area is 214 Å². The molecule has 4 heterocycles. The van der Waals surface area contributed by atoms with Gasteiger partial charge in [-0.25, -0.2) is 9.97 Å². The maximum atomic E-state index is 13.4. The van der Waals surface area contributed by atoms with Crippen molar-refractivity contribution in [1.29, 1.82) is 0 Å². The van der Waals surface area contributed by atoms with E-state index in [-0.39, 0.29) is 5.41 Å². The van der Waals surface area contributed by atoms with Crippen molar-refractivity contribution in [2.75, 3.05) is 26.2 Å². The van der Waals surface area contributed by atoms with Gasteiger partial charge in [-0.1, -0.05) is 38.1 Å². The van der Waals surface area contributed by atoms with E-state index in [1.807, 2.05) is 12.4 Å². The monoisotopic (exact) mass is 489 g/mol. The molecule has 0 saturated carbocycles. The second-order valence-corrected chi connectivity index (χ2v) is 11.0. The van der Waals surface area contributed by atoms with Gasteiger partial charge in [0.1, 0.15) is 11.6 Å². The molecule has 0 atom stereocenters. The first kappa shape index (κ1) is 24.7. The summed E-state index contributed by atoms with van der Waals surface area (Å²) in [5.74, 6) is 2.93. The Morgan fingerprint density at radius 3 is 2.03 bits per heavy atom. The van der Waals surface area contributed by atoms with Crippen molar-refractivity contribution >= 4 is 5.91 Å². The first-order valence-corrected chi connectivity index (χ1v) is 13.3. The number of amides is 1. The highest BCUT2D eigenvalue weighted by atomic mass is 16.2. The van der Waals surface area contributed by atoms with Crippen LogP contribution in [0.25, 0.3) is 0 Å². The van der Waals surface area contributed by atoms with Crippen LogP contribution >= 0.6 is 0 Å². The van der Waals surface area contributed by atoms with E-state index < -0.39 is 0 Å². The number of piperidine rings is 1. The summed E-state index contributed by atoms with van der Waals surface area (Å²) in [6.45, 7) is 11.6. The van der Waals surface area contributed by atoms with Crippen LogP contribution in [0.3, 0.4) is 0 Å². The lowest BCUT2D eigenvalue weighted by Crippen LogP contribution is -2.45. The molecule has 2 N–H and O–H groups in total. The summed E-state index contributed by atoms with van der Waals surface area (Å²) in [7, 11) is 0. The summed E-state index contributed by atoms with van der Waals surface area (Å²) < 4.78 is 0. The molecular formula is C28H39N7O. The summed E-state index contributed by atoms with van der Waals surface area (Å²) in [4.78, 5) is 35.5. The summed E-state index contributed by atoms with van der Waals surface area (Å²) in [6, 6.07) is 8.73. The molecule has 192 valence electrons. The molecule has 1 spiro atoms. The van der Waals surface area contributed by atoms with E-state index in [0.29, 0.717) is 31.5 Å². The lowest BCUT2D eigenvalue weighted by Gasteiger charge is -2.38. The summed E-state index contributed by atoms with van der Waals surface area (Å²) in [6.07, 6.45) is 10.3. The minimum Gasteiger partial charge on any atom is -0.348 e. The van der Waals surface area contributed by atoms with Gasteiger partial charge in [-0.3, -0.25) is 9.69 Å². The molecule has 1 aromatic carbocycles. The van der Waals surface area contributed by atoms with Crippen LogP contribution in [0, 0.1) is 11.3 Å². The largest absolute Gasteiger partial charge is 0.348 e. The van der Waals surface area contributed by atoms with Gasteiger partial charge in [0.05, 0.1) is 18.5 Å². The average molecular weight is 490 g/mol. The van der Waals surface area contributed by atoms with Gasteiger partial charge in [-0.05, 0) is 49.4 Å². The second kappa shape index (κ2) is 11.0. The van der Waals surface area contributed by atoms with Crippen LogP contribution in [0.1, 0.15) is 55.9 Å². The summed E-state index contributed by atoms with van der Waals surface area (Å²) >= 11 is 0. The number of imidazole rings is 2. The van der Waals surface area contributed by atoms with E-state index in [1.165, 1.54) is 11.1 Å². The predicted octanol–water partition coefficient (Wildman–Crippen LogP) is 3.81. The fourth-order valence-electron chi connectivity index (χ4n) is 5.78. The number of hydrogen-bond donors (Lipinski definition) is 2. The zero-order valence-electron chi connectivity index (χ0n) is 21.6. The van der Waals surface area contributed by atoms with Crippen LogP contribution < -0.4 is 0 Å². The minimum absolute atomic E-state index is 0.119. The third-order valence-electron chi connectivity index (χ3n) is 7.70. The molecule has 5 rings (SSSR count). The van der Waals surface area contributed by atoms with E-state index in [9.17, 15) is 4.79 Å². The molecule has 0 aliphatic carbocycles. The average Bonchev–Trinajstić information content (AvgIpc) is 3.62. The Bertz CT molecular complexity index is 1050. The van der Waals surface area contributed by atoms with Crippen molar-refractivity contribution in [2.45, 2.75) is 59.3 Å². The third-order valence-corrected chi connectivity index (χ3v) is 7.70. The molecule has 36 heavy (non-hydrogen) atoms.